The molecule has 1 N–H and O–H groups in total. The second-order valence-electron chi connectivity index (χ2n) is 4.11. The van der Waals surface area contributed by atoms with E-state index < -0.39 is 5.82 Å². The first-order valence-corrected chi connectivity index (χ1v) is 5.56. The Balaban J connectivity index is 2.16. The van der Waals surface area contributed by atoms with Crippen LogP contribution in [0, 0.1) is 19.7 Å². The number of benzene rings is 1. The van der Waals surface area contributed by atoms with Crippen LogP contribution >= 0.6 is 0 Å². The Kier molecular flexibility index (Phi) is 3.37. The molecule has 0 radical (unpaired) electrons. The van der Waals surface area contributed by atoms with Gasteiger partial charge in [-0.3, -0.25) is 4.79 Å². The largest absolute Gasteiger partial charge is 0.307 e. The van der Waals surface area contributed by atoms with Crippen LogP contribution in [0.4, 0.5) is 10.2 Å². The highest BCUT2D eigenvalue weighted by Crippen LogP contribution is 2.12. The van der Waals surface area contributed by atoms with E-state index in [9.17, 15) is 9.18 Å². The van der Waals surface area contributed by atoms with Crippen molar-refractivity contribution < 1.29 is 9.18 Å². The summed E-state index contributed by atoms with van der Waals surface area (Å²) in [6.45, 7) is 3.93. The van der Waals surface area contributed by atoms with E-state index in [4.69, 9.17) is 0 Å². The summed E-state index contributed by atoms with van der Waals surface area (Å²) in [4.78, 5) is 15.7. The number of nitrogens with one attached hydrogen (secondary N) is 1. The van der Waals surface area contributed by atoms with Crippen LogP contribution in [0.1, 0.15) is 21.5 Å². The van der Waals surface area contributed by atoms with Crippen molar-refractivity contribution in [3.05, 3.63) is 59.0 Å². The summed E-state index contributed by atoms with van der Waals surface area (Å²) in [5, 5.41) is 2.62. The lowest BCUT2D eigenvalue weighted by Gasteiger charge is -2.06. The van der Waals surface area contributed by atoms with Gasteiger partial charge < -0.3 is 5.32 Å². The van der Waals surface area contributed by atoms with Crippen molar-refractivity contribution in [3.63, 3.8) is 0 Å². The highest BCUT2D eigenvalue weighted by atomic mass is 19.1. The maximum Gasteiger partial charge on any atom is 0.256 e. The molecule has 0 fully saturated rings. The topological polar surface area (TPSA) is 42.0 Å². The van der Waals surface area contributed by atoms with Crippen molar-refractivity contribution in [3.8, 4) is 0 Å². The molecule has 1 amide bonds. The van der Waals surface area contributed by atoms with Gasteiger partial charge in [0.1, 0.15) is 11.6 Å². The molecule has 1 aromatic heterocycles. The van der Waals surface area contributed by atoms with Crippen molar-refractivity contribution in [2.75, 3.05) is 5.32 Å². The van der Waals surface area contributed by atoms with Gasteiger partial charge in [-0.25, -0.2) is 9.37 Å². The average molecular weight is 244 g/mol. The number of aryl methyl sites for hydroxylation is 2. The van der Waals surface area contributed by atoms with Gasteiger partial charge >= 0.3 is 0 Å². The Labute approximate surface area is 105 Å². The summed E-state index contributed by atoms with van der Waals surface area (Å²) in [5.41, 5.74) is 2.74. The number of aromatic nitrogens is 1. The molecule has 1 aromatic carbocycles. The van der Waals surface area contributed by atoms with Gasteiger partial charge in [0, 0.05) is 5.56 Å². The van der Waals surface area contributed by atoms with E-state index in [0.29, 0.717) is 11.4 Å². The first-order valence-electron chi connectivity index (χ1n) is 5.56. The minimum absolute atomic E-state index is 0.253. The molecule has 0 aliphatic heterocycles. The monoisotopic (exact) mass is 244 g/mol. The standard InChI is InChI=1S/C14H13FN2O/c1-9-3-4-11(7-10(9)2)14(18)17-13-6-5-12(15)8-16-13/h3-8H,1-2H3,(H,16,17,18). The van der Waals surface area contributed by atoms with E-state index in [-0.39, 0.29) is 5.91 Å². The lowest BCUT2D eigenvalue weighted by Crippen LogP contribution is -2.13. The number of rotatable bonds is 2. The molecule has 0 unspecified atom stereocenters. The Bertz CT molecular complexity index is 579. The molecule has 18 heavy (non-hydrogen) atoms. The number of carbonyl (C=O) groups is 1. The molecule has 0 bridgehead atoms. The highest BCUT2D eigenvalue weighted by Gasteiger charge is 2.07. The van der Waals surface area contributed by atoms with Crippen molar-refractivity contribution >= 4 is 11.7 Å². The number of anilines is 1. The van der Waals surface area contributed by atoms with Crippen LogP contribution in [-0.4, -0.2) is 10.9 Å². The maximum absolute atomic E-state index is 12.7. The number of nitrogens with zero attached hydrogens (tertiary/aromatic N) is 1. The Morgan fingerprint density at radius 2 is 1.94 bits per heavy atom. The Hall–Kier alpha value is -2.23. The fourth-order valence-electron chi connectivity index (χ4n) is 1.52. The van der Waals surface area contributed by atoms with E-state index in [1.165, 1.54) is 12.1 Å². The normalized spacial score (nSPS) is 10.2. The lowest BCUT2D eigenvalue weighted by molar-refractivity contribution is 0.102. The summed E-state index contributed by atoms with van der Waals surface area (Å²) in [6.07, 6.45) is 1.07. The number of carbonyl (C=O) groups excluding carboxylic acids is 1. The number of pyridine rings is 1. The summed E-state index contributed by atoms with van der Waals surface area (Å²) in [5.74, 6) is -0.351. The highest BCUT2D eigenvalue weighted by molar-refractivity contribution is 6.03. The Morgan fingerprint density at radius 3 is 2.56 bits per heavy atom. The van der Waals surface area contributed by atoms with Gasteiger partial charge in [-0.15, -0.1) is 0 Å². The number of hydrogen-bond donors (Lipinski definition) is 1. The molecule has 3 nitrogen and oxygen atoms in total. The predicted octanol–water partition coefficient (Wildman–Crippen LogP) is 3.09. The number of amides is 1. The molecule has 0 spiro atoms. The molecule has 4 heteroatoms. The second-order valence-corrected chi connectivity index (χ2v) is 4.11. The van der Waals surface area contributed by atoms with Crippen LogP contribution in [0.5, 0.6) is 0 Å². The smallest absolute Gasteiger partial charge is 0.256 e. The zero-order chi connectivity index (χ0) is 13.1. The average Bonchev–Trinajstić information content (AvgIpc) is 2.35. The van der Waals surface area contributed by atoms with Crippen LogP contribution in [0.2, 0.25) is 0 Å². The van der Waals surface area contributed by atoms with Gasteiger partial charge in [0.2, 0.25) is 0 Å². The van der Waals surface area contributed by atoms with Crippen LogP contribution in [0.3, 0.4) is 0 Å². The van der Waals surface area contributed by atoms with Gasteiger partial charge in [0.05, 0.1) is 6.20 Å². The molecule has 0 saturated carbocycles. The van der Waals surface area contributed by atoms with E-state index in [2.05, 4.69) is 10.3 Å². The van der Waals surface area contributed by atoms with Crippen LogP contribution in [-0.2, 0) is 0 Å². The molecule has 2 aromatic rings. The number of halogens is 1. The molecule has 92 valence electrons. The van der Waals surface area contributed by atoms with E-state index in [1.807, 2.05) is 26.0 Å². The third-order valence-corrected chi connectivity index (χ3v) is 2.74. The minimum atomic E-state index is -0.431. The molecule has 0 aliphatic carbocycles. The van der Waals surface area contributed by atoms with Crippen molar-refractivity contribution in [2.24, 2.45) is 0 Å². The second kappa shape index (κ2) is 4.96. The molecule has 2 rings (SSSR count). The van der Waals surface area contributed by atoms with Crippen LogP contribution < -0.4 is 5.32 Å². The number of hydrogen-bond acceptors (Lipinski definition) is 2. The van der Waals surface area contributed by atoms with E-state index >= 15 is 0 Å². The maximum atomic E-state index is 12.7. The SMILES string of the molecule is Cc1ccc(C(=O)Nc2ccc(F)cn2)cc1C. The Morgan fingerprint density at radius 1 is 1.17 bits per heavy atom. The molecule has 0 saturated heterocycles. The van der Waals surface area contributed by atoms with Gasteiger partial charge in [0.25, 0.3) is 5.91 Å². The fourth-order valence-corrected chi connectivity index (χ4v) is 1.52. The van der Waals surface area contributed by atoms with Gasteiger partial charge in [-0.05, 0) is 49.2 Å². The first-order chi connectivity index (χ1) is 8.56. The van der Waals surface area contributed by atoms with Gasteiger partial charge in [-0.2, -0.15) is 0 Å². The van der Waals surface area contributed by atoms with Crippen LogP contribution in [0.25, 0.3) is 0 Å². The van der Waals surface area contributed by atoms with Gasteiger partial charge in [-0.1, -0.05) is 6.07 Å². The summed E-state index contributed by atoms with van der Waals surface area (Å²) >= 11 is 0. The summed E-state index contributed by atoms with van der Waals surface area (Å²) < 4.78 is 12.7. The predicted molar refractivity (Wildman–Crippen MR) is 68.1 cm³/mol. The van der Waals surface area contributed by atoms with Crippen molar-refractivity contribution in [1.82, 2.24) is 4.98 Å². The van der Waals surface area contributed by atoms with E-state index in [1.54, 1.807) is 6.07 Å². The van der Waals surface area contributed by atoms with Crippen molar-refractivity contribution in [2.45, 2.75) is 13.8 Å². The molecular weight excluding hydrogens is 231 g/mol. The minimum Gasteiger partial charge on any atom is -0.307 e. The molecule has 0 atom stereocenters. The van der Waals surface area contributed by atoms with Gasteiger partial charge in [0.15, 0.2) is 0 Å². The molecule has 1 heterocycles. The summed E-state index contributed by atoms with van der Waals surface area (Å²) in [7, 11) is 0. The fraction of sp³-hybridized carbons (Fsp3) is 0.143. The molecule has 0 aliphatic rings. The zero-order valence-electron chi connectivity index (χ0n) is 10.2. The lowest BCUT2D eigenvalue weighted by atomic mass is 10.1. The zero-order valence-corrected chi connectivity index (χ0v) is 10.2. The third-order valence-electron chi connectivity index (χ3n) is 2.74. The van der Waals surface area contributed by atoms with Crippen LogP contribution in [0.15, 0.2) is 36.5 Å². The third kappa shape index (κ3) is 2.71. The quantitative estimate of drug-likeness (QED) is 0.882. The molecular formula is C14H13FN2O. The first kappa shape index (κ1) is 12.2. The van der Waals surface area contributed by atoms with E-state index in [0.717, 1.165) is 17.3 Å². The van der Waals surface area contributed by atoms with Crippen molar-refractivity contribution in [1.29, 1.82) is 0 Å². The summed E-state index contributed by atoms with van der Waals surface area (Å²) in [6, 6.07) is 8.13.